The highest BCUT2D eigenvalue weighted by molar-refractivity contribution is 9.11. The molecule has 0 aliphatic rings. The summed E-state index contributed by atoms with van der Waals surface area (Å²) < 4.78 is 0.793. The monoisotopic (exact) mass is 267 g/mol. The number of benzene rings is 1. The molecule has 1 aromatic rings. The Morgan fingerprint density at radius 2 is 2.07 bits per heavy atom. The van der Waals surface area contributed by atoms with Crippen LogP contribution in [0.4, 0.5) is 5.69 Å². The average molecular weight is 268 g/mol. The average Bonchev–Trinajstić information content (AvgIpc) is 2.15. The molecule has 1 aromatic carbocycles. The summed E-state index contributed by atoms with van der Waals surface area (Å²) in [7, 11) is 0. The lowest BCUT2D eigenvalue weighted by Crippen LogP contribution is -2.30. The Balaban J connectivity index is 3.04. The number of hydrogen-bond donors (Lipinski definition) is 0. The highest BCUT2D eigenvalue weighted by Gasteiger charge is 2.13. The Bertz CT molecular complexity index is 387. The van der Waals surface area contributed by atoms with Crippen molar-refractivity contribution in [3.8, 4) is 0 Å². The van der Waals surface area contributed by atoms with Gasteiger partial charge in [0.25, 0.3) is 0 Å². The second kappa shape index (κ2) is 5.12. The van der Waals surface area contributed by atoms with Gasteiger partial charge in [-0.05, 0) is 18.6 Å². The smallest absolute Gasteiger partial charge is 0.224 e. The van der Waals surface area contributed by atoms with Crippen molar-refractivity contribution in [3.05, 3.63) is 40.9 Å². The Hall–Kier alpha value is -1.09. The quantitative estimate of drug-likeness (QED) is 0.824. The van der Waals surface area contributed by atoms with Crippen LogP contribution in [0.15, 0.2) is 35.3 Å². The predicted octanol–water partition coefficient (Wildman–Crippen LogP) is 3.26. The molecule has 0 heterocycles. The molecular formula is C12H14BrNO. The SMILES string of the molecule is C=C(Br)CN(C(C)=O)c1ccccc1C. The predicted molar refractivity (Wildman–Crippen MR) is 67.3 cm³/mol. The Kier molecular flexibility index (Phi) is 4.09. The minimum Gasteiger partial charge on any atom is -0.307 e. The van der Waals surface area contributed by atoms with Crippen molar-refractivity contribution in [1.29, 1.82) is 0 Å². The molecule has 1 rings (SSSR count). The minimum atomic E-state index is 0.0184. The second-order valence-electron chi connectivity index (χ2n) is 3.41. The van der Waals surface area contributed by atoms with Crippen molar-refractivity contribution >= 4 is 27.5 Å². The highest BCUT2D eigenvalue weighted by atomic mass is 79.9. The third kappa shape index (κ3) is 3.20. The molecular weight excluding hydrogens is 254 g/mol. The summed E-state index contributed by atoms with van der Waals surface area (Å²) >= 11 is 3.28. The summed E-state index contributed by atoms with van der Waals surface area (Å²) in [6, 6.07) is 7.81. The van der Waals surface area contributed by atoms with E-state index in [0.29, 0.717) is 6.54 Å². The van der Waals surface area contributed by atoms with Crippen LogP contribution in [-0.2, 0) is 4.79 Å². The lowest BCUT2D eigenvalue weighted by molar-refractivity contribution is -0.116. The van der Waals surface area contributed by atoms with E-state index in [1.807, 2.05) is 31.2 Å². The van der Waals surface area contributed by atoms with Gasteiger partial charge in [0.05, 0.1) is 6.54 Å². The zero-order valence-electron chi connectivity index (χ0n) is 8.96. The lowest BCUT2D eigenvalue weighted by atomic mass is 10.2. The molecule has 15 heavy (non-hydrogen) atoms. The summed E-state index contributed by atoms with van der Waals surface area (Å²) in [5.74, 6) is 0.0184. The molecule has 0 bridgehead atoms. The number of halogens is 1. The Morgan fingerprint density at radius 1 is 1.47 bits per heavy atom. The van der Waals surface area contributed by atoms with Gasteiger partial charge >= 0.3 is 0 Å². The maximum Gasteiger partial charge on any atom is 0.224 e. The van der Waals surface area contributed by atoms with Gasteiger partial charge in [-0.2, -0.15) is 0 Å². The molecule has 2 nitrogen and oxygen atoms in total. The third-order valence-corrected chi connectivity index (χ3v) is 2.37. The van der Waals surface area contributed by atoms with E-state index in [-0.39, 0.29) is 5.91 Å². The van der Waals surface area contributed by atoms with Crippen LogP contribution >= 0.6 is 15.9 Å². The first-order valence-electron chi connectivity index (χ1n) is 4.69. The number of aryl methyl sites for hydroxylation is 1. The molecule has 1 amide bonds. The number of para-hydroxylation sites is 1. The molecule has 0 aromatic heterocycles. The van der Waals surface area contributed by atoms with Crippen LogP contribution < -0.4 is 4.90 Å². The Labute approximate surface area is 98.7 Å². The van der Waals surface area contributed by atoms with Crippen LogP contribution in [-0.4, -0.2) is 12.5 Å². The summed E-state index contributed by atoms with van der Waals surface area (Å²) in [4.78, 5) is 13.2. The zero-order chi connectivity index (χ0) is 11.4. The first-order chi connectivity index (χ1) is 7.02. The molecule has 0 fully saturated rings. The van der Waals surface area contributed by atoms with Crippen molar-refractivity contribution in [3.63, 3.8) is 0 Å². The van der Waals surface area contributed by atoms with Crippen molar-refractivity contribution in [1.82, 2.24) is 0 Å². The van der Waals surface area contributed by atoms with Crippen LogP contribution in [0.5, 0.6) is 0 Å². The van der Waals surface area contributed by atoms with E-state index in [2.05, 4.69) is 22.5 Å². The molecule has 0 aliphatic heterocycles. The Morgan fingerprint density at radius 3 is 2.53 bits per heavy atom. The van der Waals surface area contributed by atoms with Gasteiger partial charge in [0.15, 0.2) is 0 Å². The van der Waals surface area contributed by atoms with Gasteiger partial charge in [-0.15, -0.1) is 0 Å². The molecule has 0 saturated heterocycles. The fourth-order valence-electron chi connectivity index (χ4n) is 1.40. The van der Waals surface area contributed by atoms with E-state index in [1.165, 1.54) is 0 Å². The maximum absolute atomic E-state index is 11.5. The summed E-state index contributed by atoms with van der Waals surface area (Å²) in [5.41, 5.74) is 2.02. The van der Waals surface area contributed by atoms with Gasteiger partial charge in [-0.25, -0.2) is 0 Å². The van der Waals surface area contributed by atoms with Crippen LogP contribution in [0.25, 0.3) is 0 Å². The van der Waals surface area contributed by atoms with Gasteiger partial charge < -0.3 is 4.90 Å². The van der Waals surface area contributed by atoms with Crippen molar-refractivity contribution in [2.75, 3.05) is 11.4 Å². The molecule has 0 atom stereocenters. The van der Waals surface area contributed by atoms with Crippen LogP contribution in [0.2, 0.25) is 0 Å². The molecule has 0 spiro atoms. The number of carbonyl (C=O) groups excluding carboxylic acids is 1. The standard InChI is InChI=1S/C12H14BrNO/c1-9-6-4-5-7-12(9)14(11(3)15)8-10(2)13/h4-7H,2,8H2,1,3H3. The summed E-state index contributed by atoms with van der Waals surface area (Å²) in [6.45, 7) is 7.80. The van der Waals surface area contributed by atoms with Crippen LogP contribution in [0, 0.1) is 6.92 Å². The van der Waals surface area contributed by atoms with Crippen LogP contribution in [0.3, 0.4) is 0 Å². The number of nitrogens with zero attached hydrogens (tertiary/aromatic N) is 1. The first kappa shape index (κ1) is 12.0. The molecule has 0 aliphatic carbocycles. The van der Waals surface area contributed by atoms with Crippen molar-refractivity contribution < 1.29 is 4.79 Å². The molecule has 0 radical (unpaired) electrons. The zero-order valence-corrected chi connectivity index (χ0v) is 10.5. The van der Waals surface area contributed by atoms with Gasteiger partial charge in [-0.1, -0.05) is 40.7 Å². The van der Waals surface area contributed by atoms with E-state index in [0.717, 1.165) is 15.7 Å². The second-order valence-corrected chi connectivity index (χ2v) is 4.53. The number of anilines is 1. The molecule has 80 valence electrons. The molecule has 0 saturated carbocycles. The van der Waals surface area contributed by atoms with E-state index in [4.69, 9.17) is 0 Å². The fourth-order valence-corrected chi connectivity index (χ4v) is 1.65. The molecule has 0 unspecified atom stereocenters. The fraction of sp³-hybridized carbons (Fsp3) is 0.250. The van der Waals surface area contributed by atoms with Crippen molar-refractivity contribution in [2.45, 2.75) is 13.8 Å². The van der Waals surface area contributed by atoms with Crippen LogP contribution in [0.1, 0.15) is 12.5 Å². The number of rotatable bonds is 3. The van der Waals surface area contributed by atoms with Gasteiger partial charge in [0.2, 0.25) is 5.91 Å². The molecule has 3 heteroatoms. The summed E-state index contributed by atoms with van der Waals surface area (Å²) in [5, 5.41) is 0. The number of hydrogen-bond acceptors (Lipinski definition) is 1. The highest BCUT2D eigenvalue weighted by Crippen LogP contribution is 2.21. The van der Waals surface area contributed by atoms with Gasteiger partial charge in [0, 0.05) is 17.1 Å². The van der Waals surface area contributed by atoms with Gasteiger partial charge in [0.1, 0.15) is 0 Å². The van der Waals surface area contributed by atoms with E-state index in [1.54, 1.807) is 11.8 Å². The van der Waals surface area contributed by atoms with Gasteiger partial charge in [-0.3, -0.25) is 4.79 Å². The maximum atomic E-state index is 11.5. The topological polar surface area (TPSA) is 20.3 Å². The van der Waals surface area contributed by atoms with E-state index in [9.17, 15) is 4.79 Å². The first-order valence-corrected chi connectivity index (χ1v) is 5.48. The molecule has 0 N–H and O–H groups in total. The van der Waals surface area contributed by atoms with E-state index >= 15 is 0 Å². The summed E-state index contributed by atoms with van der Waals surface area (Å²) in [6.07, 6.45) is 0. The number of carbonyl (C=O) groups is 1. The minimum absolute atomic E-state index is 0.0184. The largest absolute Gasteiger partial charge is 0.307 e. The van der Waals surface area contributed by atoms with Crippen molar-refractivity contribution in [2.24, 2.45) is 0 Å². The van der Waals surface area contributed by atoms with E-state index < -0.39 is 0 Å². The lowest BCUT2D eigenvalue weighted by Gasteiger charge is -2.22. The third-order valence-electron chi connectivity index (χ3n) is 2.12. The number of amides is 1. The normalized spacial score (nSPS) is 9.80.